The highest BCUT2D eigenvalue weighted by Gasteiger charge is 2.04. The molecule has 1 amide bonds. The van der Waals surface area contributed by atoms with Crippen LogP contribution in [0.5, 0.6) is 5.75 Å². The summed E-state index contributed by atoms with van der Waals surface area (Å²) >= 11 is 0. The second kappa shape index (κ2) is 5.86. The van der Waals surface area contributed by atoms with Gasteiger partial charge < -0.3 is 9.67 Å². The zero-order chi connectivity index (χ0) is 13.7. The van der Waals surface area contributed by atoms with Crippen molar-refractivity contribution in [2.24, 2.45) is 12.1 Å². The maximum atomic E-state index is 11.6. The molecule has 1 aromatic heterocycles. The zero-order valence-corrected chi connectivity index (χ0v) is 10.6. The number of hydrogen-bond donors (Lipinski definition) is 2. The number of amides is 1. The van der Waals surface area contributed by atoms with E-state index < -0.39 is 0 Å². The van der Waals surface area contributed by atoms with Crippen LogP contribution in [0.15, 0.2) is 47.7 Å². The number of carbonyl (C=O) groups excluding carboxylic acids is 1. The number of aryl methyl sites for hydroxylation is 1. The number of rotatable bonds is 4. The summed E-state index contributed by atoms with van der Waals surface area (Å²) in [5.41, 5.74) is 4.09. The van der Waals surface area contributed by atoms with Gasteiger partial charge in [-0.3, -0.25) is 4.79 Å². The van der Waals surface area contributed by atoms with Gasteiger partial charge in [0.05, 0.1) is 12.6 Å². The fourth-order valence-electron chi connectivity index (χ4n) is 1.67. The minimum absolute atomic E-state index is 0.166. The molecule has 19 heavy (non-hydrogen) atoms. The first-order valence-electron chi connectivity index (χ1n) is 5.86. The third kappa shape index (κ3) is 3.70. The molecule has 1 heterocycles. The lowest BCUT2D eigenvalue weighted by molar-refractivity contribution is -0.120. The van der Waals surface area contributed by atoms with Crippen molar-refractivity contribution in [2.75, 3.05) is 0 Å². The SMILES string of the molecule is Cn1cccc1CC(=O)N/N=C\c1cccc(O)c1. The number of phenolic OH excluding ortho intramolecular Hbond substituents is 1. The Morgan fingerprint density at radius 2 is 2.26 bits per heavy atom. The number of aromatic nitrogens is 1. The van der Waals surface area contributed by atoms with Crippen molar-refractivity contribution >= 4 is 12.1 Å². The summed E-state index contributed by atoms with van der Waals surface area (Å²) in [5, 5.41) is 13.1. The van der Waals surface area contributed by atoms with Gasteiger partial charge in [0.2, 0.25) is 5.91 Å². The van der Waals surface area contributed by atoms with E-state index in [0.717, 1.165) is 11.3 Å². The second-order valence-corrected chi connectivity index (χ2v) is 4.18. The standard InChI is InChI=1S/C14H15N3O2/c1-17-7-3-5-12(17)9-14(19)16-15-10-11-4-2-6-13(18)8-11/h2-8,10,18H,9H2,1H3,(H,16,19)/b15-10-. The Bertz CT molecular complexity index is 602. The molecule has 0 aliphatic heterocycles. The van der Waals surface area contributed by atoms with Crippen LogP contribution in [0.2, 0.25) is 0 Å². The Kier molecular flexibility index (Phi) is 3.97. The largest absolute Gasteiger partial charge is 0.508 e. The normalized spacial score (nSPS) is 10.8. The summed E-state index contributed by atoms with van der Waals surface area (Å²) < 4.78 is 1.89. The molecule has 5 nitrogen and oxygen atoms in total. The lowest BCUT2D eigenvalue weighted by Gasteiger charge is -2.02. The highest BCUT2D eigenvalue weighted by molar-refractivity contribution is 5.83. The first kappa shape index (κ1) is 12.9. The maximum absolute atomic E-state index is 11.6. The van der Waals surface area contributed by atoms with Crippen LogP contribution in [-0.4, -0.2) is 21.8 Å². The Morgan fingerprint density at radius 3 is 2.95 bits per heavy atom. The molecule has 2 rings (SSSR count). The summed E-state index contributed by atoms with van der Waals surface area (Å²) in [5.74, 6) is -0.0164. The van der Waals surface area contributed by atoms with Gasteiger partial charge in [-0.05, 0) is 29.8 Å². The predicted octanol–water partition coefficient (Wildman–Crippen LogP) is 1.42. The van der Waals surface area contributed by atoms with Crippen LogP contribution in [0.4, 0.5) is 0 Å². The Hall–Kier alpha value is -2.56. The monoisotopic (exact) mass is 257 g/mol. The summed E-state index contributed by atoms with van der Waals surface area (Å²) in [6, 6.07) is 10.4. The molecule has 1 aromatic carbocycles. The van der Waals surface area contributed by atoms with Gasteiger partial charge in [-0.25, -0.2) is 5.43 Å². The predicted molar refractivity (Wildman–Crippen MR) is 73.0 cm³/mol. The minimum atomic E-state index is -0.182. The van der Waals surface area contributed by atoms with Crippen molar-refractivity contribution in [2.45, 2.75) is 6.42 Å². The Balaban J connectivity index is 1.88. The highest BCUT2D eigenvalue weighted by atomic mass is 16.3. The van der Waals surface area contributed by atoms with Gasteiger partial charge in [0, 0.05) is 18.9 Å². The van der Waals surface area contributed by atoms with E-state index in [1.807, 2.05) is 29.9 Å². The van der Waals surface area contributed by atoms with Crippen LogP contribution < -0.4 is 5.43 Å². The molecule has 0 fully saturated rings. The summed E-state index contributed by atoms with van der Waals surface area (Å²) in [6.07, 6.45) is 3.65. The van der Waals surface area contributed by atoms with Crippen LogP contribution in [0.1, 0.15) is 11.3 Å². The average Bonchev–Trinajstić information content (AvgIpc) is 2.75. The van der Waals surface area contributed by atoms with Gasteiger partial charge in [0.1, 0.15) is 5.75 Å². The molecular formula is C14H15N3O2. The fraction of sp³-hybridized carbons (Fsp3) is 0.143. The second-order valence-electron chi connectivity index (χ2n) is 4.18. The van der Waals surface area contributed by atoms with E-state index in [0.29, 0.717) is 0 Å². The van der Waals surface area contributed by atoms with Crippen molar-refractivity contribution in [3.05, 3.63) is 53.9 Å². The van der Waals surface area contributed by atoms with E-state index in [1.54, 1.807) is 24.3 Å². The molecule has 0 aliphatic rings. The van der Waals surface area contributed by atoms with E-state index in [2.05, 4.69) is 10.5 Å². The van der Waals surface area contributed by atoms with Gasteiger partial charge in [0.15, 0.2) is 0 Å². The molecule has 2 N–H and O–H groups in total. The van der Waals surface area contributed by atoms with Crippen molar-refractivity contribution in [3.63, 3.8) is 0 Å². The first-order valence-corrected chi connectivity index (χ1v) is 5.86. The quantitative estimate of drug-likeness (QED) is 0.642. The number of hydrazone groups is 1. The molecule has 98 valence electrons. The lowest BCUT2D eigenvalue weighted by atomic mass is 10.2. The topological polar surface area (TPSA) is 66.6 Å². The number of nitrogens with zero attached hydrogens (tertiary/aromatic N) is 2. The molecule has 0 radical (unpaired) electrons. The summed E-state index contributed by atoms with van der Waals surface area (Å²) in [7, 11) is 1.89. The van der Waals surface area contributed by atoms with Crippen LogP contribution in [-0.2, 0) is 18.3 Å². The molecule has 0 bridgehead atoms. The first-order chi connectivity index (χ1) is 9.15. The third-order valence-corrected chi connectivity index (χ3v) is 2.67. The molecule has 0 saturated carbocycles. The minimum Gasteiger partial charge on any atom is -0.508 e. The molecule has 0 atom stereocenters. The van der Waals surface area contributed by atoms with Crippen LogP contribution in [0, 0.1) is 0 Å². The summed E-state index contributed by atoms with van der Waals surface area (Å²) in [4.78, 5) is 11.6. The summed E-state index contributed by atoms with van der Waals surface area (Å²) in [6.45, 7) is 0. The van der Waals surface area contributed by atoms with Gasteiger partial charge in [-0.15, -0.1) is 0 Å². The van der Waals surface area contributed by atoms with Crippen molar-refractivity contribution in [3.8, 4) is 5.75 Å². The van der Waals surface area contributed by atoms with E-state index in [4.69, 9.17) is 0 Å². The molecule has 2 aromatic rings. The smallest absolute Gasteiger partial charge is 0.245 e. The van der Waals surface area contributed by atoms with Crippen LogP contribution >= 0.6 is 0 Å². The number of hydrogen-bond acceptors (Lipinski definition) is 3. The lowest BCUT2D eigenvalue weighted by Crippen LogP contribution is -2.20. The third-order valence-electron chi connectivity index (χ3n) is 2.67. The van der Waals surface area contributed by atoms with Gasteiger partial charge in [-0.1, -0.05) is 12.1 Å². The van der Waals surface area contributed by atoms with Gasteiger partial charge >= 0.3 is 0 Å². The number of aromatic hydroxyl groups is 1. The number of carbonyl (C=O) groups is 1. The fourth-order valence-corrected chi connectivity index (χ4v) is 1.67. The number of nitrogens with one attached hydrogen (secondary N) is 1. The van der Waals surface area contributed by atoms with Crippen LogP contribution in [0.25, 0.3) is 0 Å². The maximum Gasteiger partial charge on any atom is 0.245 e. The number of phenols is 1. The Labute approximate surface area is 111 Å². The van der Waals surface area contributed by atoms with Crippen molar-refractivity contribution in [1.82, 2.24) is 9.99 Å². The van der Waals surface area contributed by atoms with Gasteiger partial charge in [-0.2, -0.15) is 5.10 Å². The van der Waals surface area contributed by atoms with E-state index in [1.165, 1.54) is 6.21 Å². The van der Waals surface area contributed by atoms with Crippen LogP contribution in [0.3, 0.4) is 0 Å². The zero-order valence-electron chi connectivity index (χ0n) is 10.6. The molecule has 0 spiro atoms. The van der Waals surface area contributed by atoms with E-state index in [-0.39, 0.29) is 18.1 Å². The Morgan fingerprint density at radius 1 is 1.42 bits per heavy atom. The average molecular weight is 257 g/mol. The molecule has 0 saturated heterocycles. The molecule has 5 heteroatoms. The molecule has 0 aliphatic carbocycles. The van der Waals surface area contributed by atoms with E-state index in [9.17, 15) is 9.90 Å². The highest BCUT2D eigenvalue weighted by Crippen LogP contribution is 2.08. The van der Waals surface area contributed by atoms with Crippen molar-refractivity contribution < 1.29 is 9.90 Å². The van der Waals surface area contributed by atoms with E-state index >= 15 is 0 Å². The van der Waals surface area contributed by atoms with Gasteiger partial charge in [0.25, 0.3) is 0 Å². The van der Waals surface area contributed by atoms with Crippen molar-refractivity contribution in [1.29, 1.82) is 0 Å². The molecular weight excluding hydrogens is 242 g/mol. The number of benzene rings is 1. The molecule has 0 unspecified atom stereocenters.